The molecule has 0 aromatic heterocycles. The molecule has 0 radical (unpaired) electrons. The molecule has 6 nitrogen and oxygen atoms in total. The lowest BCUT2D eigenvalue weighted by Gasteiger charge is -2.17. The molecule has 0 heterocycles. The third-order valence-electron chi connectivity index (χ3n) is 3.59. The Bertz CT molecular complexity index is 776. The molecule has 144 valence electrons. The second-order valence-corrected chi connectivity index (χ2v) is 6.68. The Morgan fingerprint density at radius 2 is 1.81 bits per heavy atom. The van der Waals surface area contributed by atoms with Gasteiger partial charge in [0.25, 0.3) is 0 Å². The van der Waals surface area contributed by atoms with E-state index in [-0.39, 0.29) is 19.1 Å². The number of nitrogens with one attached hydrogen (secondary N) is 1. The van der Waals surface area contributed by atoms with Gasteiger partial charge in [-0.25, -0.2) is 9.59 Å². The topological polar surface area (TPSA) is 84.9 Å². The van der Waals surface area contributed by atoms with Gasteiger partial charge in [0.1, 0.15) is 6.61 Å². The summed E-state index contributed by atoms with van der Waals surface area (Å²) in [5.41, 5.74) is 2.07. The molecule has 2 N–H and O–H groups in total. The quantitative estimate of drug-likeness (QED) is 0.691. The number of amides is 1. The van der Waals surface area contributed by atoms with E-state index in [1.54, 1.807) is 62.4 Å². The summed E-state index contributed by atoms with van der Waals surface area (Å²) >= 11 is 5.81. The summed E-state index contributed by atoms with van der Waals surface area (Å²) in [5.74, 6) is -1.02. The molecule has 0 saturated heterocycles. The SMILES string of the molecule is CC(C)OC(Cc1cccc(NC(=O)OCc2ccc(Cl)cc2)c1)C(=O)O. The Kier molecular flexibility index (Phi) is 7.64. The Morgan fingerprint density at radius 3 is 2.44 bits per heavy atom. The van der Waals surface area contributed by atoms with Crippen LogP contribution in [0.15, 0.2) is 48.5 Å². The van der Waals surface area contributed by atoms with Crippen molar-refractivity contribution in [3.8, 4) is 0 Å². The number of hydrogen-bond acceptors (Lipinski definition) is 4. The molecule has 1 unspecified atom stereocenters. The van der Waals surface area contributed by atoms with Crippen LogP contribution in [0.5, 0.6) is 0 Å². The maximum absolute atomic E-state index is 12.0. The van der Waals surface area contributed by atoms with Crippen molar-refractivity contribution in [1.82, 2.24) is 0 Å². The highest BCUT2D eigenvalue weighted by molar-refractivity contribution is 6.30. The lowest BCUT2D eigenvalue weighted by molar-refractivity contribution is -0.153. The van der Waals surface area contributed by atoms with E-state index in [1.807, 2.05) is 0 Å². The van der Waals surface area contributed by atoms with Gasteiger partial charge in [0.15, 0.2) is 6.10 Å². The Labute approximate surface area is 163 Å². The number of halogens is 1. The molecule has 0 bridgehead atoms. The smallest absolute Gasteiger partial charge is 0.411 e. The molecule has 2 rings (SSSR count). The third kappa shape index (κ3) is 7.29. The molecular formula is C20H22ClNO5. The predicted octanol–water partition coefficient (Wildman–Crippen LogP) is 4.51. The number of carboxylic acids is 1. The van der Waals surface area contributed by atoms with Gasteiger partial charge in [0, 0.05) is 17.1 Å². The zero-order valence-corrected chi connectivity index (χ0v) is 15.9. The maximum Gasteiger partial charge on any atom is 0.411 e. The molecule has 1 amide bonds. The van der Waals surface area contributed by atoms with E-state index in [0.717, 1.165) is 11.1 Å². The van der Waals surface area contributed by atoms with E-state index >= 15 is 0 Å². The summed E-state index contributed by atoms with van der Waals surface area (Å²) < 4.78 is 10.6. The Morgan fingerprint density at radius 1 is 1.11 bits per heavy atom. The fraction of sp³-hybridized carbons (Fsp3) is 0.300. The van der Waals surface area contributed by atoms with Gasteiger partial charge >= 0.3 is 12.1 Å². The predicted molar refractivity (Wildman–Crippen MR) is 103 cm³/mol. The van der Waals surface area contributed by atoms with Crippen LogP contribution in [-0.2, 0) is 27.3 Å². The first-order valence-corrected chi connectivity index (χ1v) is 8.86. The minimum absolute atomic E-state index is 0.117. The van der Waals surface area contributed by atoms with E-state index < -0.39 is 18.2 Å². The molecule has 0 spiro atoms. The van der Waals surface area contributed by atoms with E-state index in [1.165, 1.54) is 0 Å². The van der Waals surface area contributed by atoms with Crippen LogP contribution in [0.2, 0.25) is 5.02 Å². The Balaban J connectivity index is 1.92. The minimum atomic E-state index is -1.02. The third-order valence-corrected chi connectivity index (χ3v) is 3.84. The molecule has 0 saturated carbocycles. The van der Waals surface area contributed by atoms with Gasteiger partial charge in [0.05, 0.1) is 6.10 Å². The minimum Gasteiger partial charge on any atom is -0.479 e. The van der Waals surface area contributed by atoms with Gasteiger partial charge in [-0.2, -0.15) is 0 Å². The van der Waals surface area contributed by atoms with Crippen LogP contribution < -0.4 is 5.32 Å². The number of ether oxygens (including phenoxy) is 2. The van der Waals surface area contributed by atoms with Crippen molar-refractivity contribution in [2.24, 2.45) is 0 Å². The van der Waals surface area contributed by atoms with E-state index in [0.29, 0.717) is 10.7 Å². The van der Waals surface area contributed by atoms with E-state index in [2.05, 4.69) is 5.32 Å². The molecule has 0 aliphatic rings. The normalized spacial score (nSPS) is 11.9. The van der Waals surface area contributed by atoms with Crippen molar-refractivity contribution in [2.75, 3.05) is 5.32 Å². The van der Waals surface area contributed by atoms with Crippen LogP contribution in [0.4, 0.5) is 10.5 Å². The van der Waals surface area contributed by atoms with E-state index in [4.69, 9.17) is 21.1 Å². The number of carbonyl (C=O) groups excluding carboxylic acids is 1. The van der Waals surface area contributed by atoms with Gasteiger partial charge in [0.2, 0.25) is 0 Å². The number of anilines is 1. The first kappa shape index (κ1) is 20.7. The largest absolute Gasteiger partial charge is 0.479 e. The molecule has 0 fully saturated rings. The zero-order chi connectivity index (χ0) is 19.8. The highest BCUT2D eigenvalue weighted by Gasteiger charge is 2.20. The summed E-state index contributed by atoms with van der Waals surface area (Å²) in [6.07, 6.45) is -1.55. The first-order valence-electron chi connectivity index (χ1n) is 8.49. The van der Waals surface area contributed by atoms with Gasteiger partial charge in [-0.05, 0) is 49.2 Å². The van der Waals surface area contributed by atoms with Gasteiger partial charge < -0.3 is 14.6 Å². The van der Waals surface area contributed by atoms with Crippen LogP contribution in [0.3, 0.4) is 0 Å². The summed E-state index contributed by atoms with van der Waals surface area (Å²) in [4.78, 5) is 23.3. The van der Waals surface area contributed by atoms with E-state index in [9.17, 15) is 14.7 Å². The molecule has 2 aromatic carbocycles. The van der Waals surface area contributed by atoms with Crippen LogP contribution in [-0.4, -0.2) is 29.4 Å². The fourth-order valence-corrected chi connectivity index (χ4v) is 2.52. The van der Waals surface area contributed by atoms with Gasteiger partial charge in [-0.3, -0.25) is 5.32 Å². The summed E-state index contributed by atoms with van der Waals surface area (Å²) in [5, 5.41) is 12.5. The Hall–Kier alpha value is -2.57. The second kappa shape index (κ2) is 9.94. The van der Waals surface area contributed by atoms with Crippen molar-refractivity contribution >= 4 is 29.4 Å². The summed E-state index contributed by atoms with van der Waals surface area (Å²) in [7, 11) is 0. The molecule has 0 aliphatic heterocycles. The monoisotopic (exact) mass is 391 g/mol. The average molecular weight is 392 g/mol. The highest BCUT2D eigenvalue weighted by atomic mass is 35.5. The number of carboxylic acid groups (broad SMARTS) is 1. The first-order chi connectivity index (χ1) is 12.8. The number of aliphatic carboxylic acids is 1. The number of rotatable bonds is 8. The lowest BCUT2D eigenvalue weighted by atomic mass is 10.1. The van der Waals surface area contributed by atoms with Gasteiger partial charge in [-0.1, -0.05) is 35.9 Å². The number of carbonyl (C=O) groups is 2. The van der Waals surface area contributed by atoms with Gasteiger partial charge in [-0.15, -0.1) is 0 Å². The van der Waals surface area contributed by atoms with Crippen molar-refractivity contribution in [3.05, 3.63) is 64.7 Å². The lowest BCUT2D eigenvalue weighted by Crippen LogP contribution is -2.29. The zero-order valence-electron chi connectivity index (χ0n) is 15.1. The second-order valence-electron chi connectivity index (χ2n) is 6.24. The van der Waals surface area contributed by atoms with Crippen LogP contribution in [0, 0.1) is 0 Å². The number of benzene rings is 2. The summed E-state index contributed by atoms with van der Waals surface area (Å²) in [6, 6.07) is 13.9. The molecule has 1 atom stereocenters. The maximum atomic E-state index is 12.0. The highest BCUT2D eigenvalue weighted by Crippen LogP contribution is 2.16. The van der Waals surface area contributed by atoms with Crippen LogP contribution in [0.25, 0.3) is 0 Å². The molecule has 27 heavy (non-hydrogen) atoms. The number of hydrogen-bond donors (Lipinski definition) is 2. The summed E-state index contributed by atoms with van der Waals surface area (Å²) in [6.45, 7) is 3.68. The standard InChI is InChI=1S/C20H22ClNO5/c1-13(2)27-18(19(23)24)11-15-4-3-5-17(10-15)22-20(25)26-12-14-6-8-16(21)9-7-14/h3-10,13,18H,11-12H2,1-2H3,(H,22,25)(H,23,24). The van der Waals surface area contributed by atoms with Crippen LogP contribution >= 0.6 is 11.6 Å². The molecule has 0 aliphatic carbocycles. The van der Waals surface area contributed by atoms with Crippen molar-refractivity contribution in [3.63, 3.8) is 0 Å². The average Bonchev–Trinajstić information content (AvgIpc) is 2.60. The molecule has 7 heteroatoms. The van der Waals surface area contributed by atoms with Crippen molar-refractivity contribution < 1.29 is 24.2 Å². The molecule has 2 aromatic rings. The fourth-order valence-electron chi connectivity index (χ4n) is 2.40. The van der Waals surface area contributed by atoms with Crippen molar-refractivity contribution in [1.29, 1.82) is 0 Å². The van der Waals surface area contributed by atoms with Crippen LogP contribution in [0.1, 0.15) is 25.0 Å². The molecular weight excluding hydrogens is 370 g/mol. The van der Waals surface area contributed by atoms with Crippen molar-refractivity contribution in [2.45, 2.75) is 39.1 Å².